The predicted molar refractivity (Wildman–Crippen MR) is 59.6 cm³/mol. The van der Waals surface area contributed by atoms with Crippen molar-refractivity contribution in [2.45, 2.75) is 26.2 Å². The molecule has 0 aliphatic carbocycles. The Kier molecular flexibility index (Phi) is 5.65. The Bertz CT molecular complexity index is 185. The van der Waals surface area contributed by atoms with Crippen LogP contribution >= 0.6 is 0 Å². The van der Waals surface area contributed by atoms with Gasteiger partial charge in [0.15, 0.2) is 0 Å². The van der Waals surface area contributed by atoms with Gasteiger partial charge in [-0.2, -0.15) is 0 Å². The van der Waals surface area contributed by atoms with E-state index in [4.69, 9.17) is 5.11 Å². The molecular weight excluding hydrogens is 192 g/mol. The van der Waals surface area contributed by atoms with Gasteiger partial charge in [0.2, 0.25) is 5.91 Å². The molecule has 88 valence electrons. The normalized spacial score (nSPS) is 16.3. The Morgan fingerprint density at radius 3 is 2.53 bits per heavy atom. The molecule has 0 bridgehead atoms. The molecule has 0 aromatic carbocycles. The van der Waals surface area contributed by atoms with Crippen LogP contribution in [0.1, 0.15) is 26.2 Å². The van der Waals surface area contributed by atoms with Crippen LogP contribution in [0.3, 0.4) is 0 Å². The van der Waals surface area contributed by atoms with E-state index in [9.17, 15) is 4.79 Å². The third kappa shape index (κ3) is 4.18. The highest BCUT2D eigenvalue weighted by molar-refractivity contribution is 5.78. The Labute approximate surface area is 91.9 Å². The van der Waals surface area contributed by atoms with Crippen molar-refractivity contribution >= 4 is 5.91 Å². The van der Waals surface area contributed by atoms with Gasteiger partial charge in [0, 0.05) is 19.6 Å². The average molecular weight is 214 g/mol. The van der Waals surface area contributed by atoms with E-state index in [0.29, 0.717) is 13.1 Å². The molecule has 4 heteroatoms. The Morgan fingerprint density at radius 2 is 2.00 bits per heavy atom. The largest absolute Gasteiger partial charge is 0.395 e. The van der Waals surface area contributed by atoms with E-state index in [1.165, 1.54) is 0 Å². The van der Waals surface area contributed by atoms with Gasteiger partial charge >= 0.3 is 0 Å². The number of aliphatic hydroxyl groups excluding tert-OH is 1. The second kappa shape index (κ2) is 6.80. The molecule has 0 saturated carbocycles. The molecule has 1 heterocycles. The van der Waals surface area contributed by atoms with Crippen LogP contribution in [-0.4, -0.2) is 60.1 Å². The molecule has 0 spiro atoms. The molecule has 1 aliphatic heterocycles. The van der Waals surface area contributed by atoms with Crippen molar-refractivity contribution in [3.8, 4) is 0 Å². The lowest BCUT2D eigenvalue weighted by molar-refractivity contribution is -0.131. The fourth-order valence-corrected chi connectivity index (χ4v) is 1.99. The fourth-order valence-electron chi connectivity index (χ4n) is 1.99. The van der Waals surface area contributed by atoms with Crippen LogP contribution in [0, 0.1) is 0 Å². The van der Waals surface area contributed by atoms with Gasteiger partial charge in [0.05, 0.1) is 13.2 Å². The minimum atomic E-state index is 0.132. The summed E-state index contributed by atoms with van der Waals surface area (Å²) in [5, 5.41) is 8.87. The lowest BCUT2D eigenvalue weighted by Gasteiger charge is -2.23. The minimum absolute atomic E-state index is 0.132. The van der Waals surface area contributed by atoms with E-state index in [2.05, 4.69) is 6.92 Å². The average Bonchev–Trinajstić information content (AvgIpc) is 2.71. The summed E-state index contributed by atoms with van der Waals surface area (Å²) in [7, 11) is 0. The van der Waals surface area contributed by atoms with E-state index in [1.54, 1.807) is 0 Å². The van der Waals surface area contributed by atoms with Crippen molar-refractivity contribution in [2.24, 2.45) is 0 Å². The first-order chi connectivity index (χ1) is 7.27. The Hall–Kier alpha value is -0.610. The molecule has 1 saturated heterocycles. The molecule has 1 rings (SSSR count). The van der Waals surface area contributed by atoms with Crippen molar-refractivity contribution in [1.29, 1.82) is 0 Å². The maximum Gasteiger partial charge on any atom is 0.236 e. The zero-order valence-corrected chi connectivity index (χ0v) is 9.61. The van der Waals surface area contributed by atoms with E-state index in [0.717, 1.165) is 38.9 Å². The molecule has 1 N–H and O–H groups in total. The number of aliphatic hydroxyl groups is 1. The third-order valence-electron chi connectivity index (χ3n) is 2.77. The summed E-state index contributed by atoms with van der Waals surface area (Å²) in [5.41, 5.74) is 0. The SMILES string of the molecule is CCCN(CCO)CC(=O)N1CCCC1. The third-order valence-corrected chi connectivity index (χ3v) is 2.77. The topological polar surface area (TPSA) is 43.8 Å². The van der Waals surface area contributed by atoms with Gasteiger partial charge in [-0.05, 0) is 25.8 Å². The summed E-state index contributed by atoms with van der Waals surface area (Å²) in [4.78, 5) is 15.8. The Morgan fingerprint density at radius 1 is 1.33 bits per heavy atom. The van der Waals surface area contributed by atoms with Gasteiger partial charge in [-0.15, -0.1) is 0 Å². The molecule has 0 aromatic heterocycles. The van der Waals surface area contributed by atoms with Crippen LogP contribution in [0.5, 0.6) is 0 Å². The van der Waals surface area contributed by atoms with Gasteiger partial charge in [0.1, 0.15) is 0 Å². The van der Waals surface area contributed by atoms with Crippen LogP contribution in [-0.2, 0) is 4.79 Å². The Balaban J connectivity index is 2.31. The van der Waals surface area contributed by atoms with Crippen LogP contribution < -0.4 is 0 Å². The van der Waals surface area contributed by atoms with E-state index in [-0.39, 0.29) is 12.5 Å². The molecule has 1 fully saturated rings. The van der Waals surface area contributed by atoms with Crippen molar-refractivity contribution in [2.75, 3.05) is 39.3 Å². The summed E-state index contributed by atoms with van der Waals surface area (Å²) in [6.45, 7) is 6.01. The summed E-state index contributed by atoms with van der Waals surface area (Å²) < 4.78 is 0. The van der Waals surface area contributed by atoms with Crippen LogP contribution in [0.15, 0.2) is 0 Å². The highest BCUT2D eigenvalue weighted by Gasteiger charge is 2.19. The lowest BCUT2D eigenvalue weighted by atomic mass is 10.3. The number of amides is 1. The predicted octanol–water partition coefficient (Wildman–Crippen LogP) is 0.313. The van der Waals surface area contributed by atoms with Crippen molar-refractivity contribution in [3.63, 3.8) is 0 Å². The fraction of sp³-hybridized carbons (Fsp3) is 0.909. The maximum absolute atomic E-state index is 11.8. The van der Waals surface area contributed by atoms with E-state index < -0.39 is 0 Å². The summed E-state index contributed by atoms with van der Waals surface area (Å²) in [6.07, 6.45) is 3.30. The molecular formula is C11H22N2O2. The van der Waals surface area contributed by atoms with Gasteiger partial charge in [-0.1, -0.05) is 6.92 Å². The van der Waals surface area contributed by atoms with Crippen LogP contribution in [0.4, 0.5) is 0 Å². The highest BCUT2D eigenvalue weighted by Crippen LogP contribution is 2.08. The van der Waals surface area contributed by atoms with Crippen molar-refractivity contribution in [3.05, 3.63) is 0 Å². The molecule has 1 amide bonds. The number of hydrogen-bond donors (Lipinski definition) is 1. The second-order valence-corrected chi connectivity index (χ2v) is 4.09. The van der Waals surface area contributed by atoms with Crippen molar-refractivity contribution in [1.82, 2.24) is 9.80 Å². The smallest absolute Gasteiger partial charge is 0.236 e. The number of carbonyl (C=O) groups is 1. The summed E-state index contributed by atoms with van der Waals surface area (Å²) >= 11 is 0. The van der Waals surface area contributed by atoms with Crippen molar-refractivity contribution < 1.29 is 9.90 Å². The van der Waals surface area contributed by atoms with Gasteiger partial charge in [0.25, 0.3) is 0 Å². The number of hydrogen-bond acceptors (Lipinski definition) is 3. The zero-order valence-electron chi connectivity index (χ0n) is 9.61. The molecule has 4 nitrogen and oxygen atoms in total. The molecule has 0 radical (unpaired) electrons. The van der Waals surface area contributed by atoms with Crippen LogP contribution in [0.25, 0.3) is 0 Å². The highest BCUT2D eigenvalue weighted by atomic mass is 16.3. The summed E-state index contributed by atoms with van der Waals surface area (Å²) in [5.74, 6) is 0.217. The second-order valence-electron chi connectivity index (χ2n) is 4.09. The monoisotopic (exact) mass is 214 g/mol. The van der Waals surface area contributed by atoms with Crippen LogP contribution in [0.2, 0.25) is 0 Å². The number of likely N-dealkylation sites (tertiary alicyclic amines) is 1. The number of nitrogens with zero attached hydrogens (tertiary/aromatic N) is 2. The standard InChI is InChI=1S/C11H22N2O2/c1-2-5-12(8-9-14)10-11(15)13-6-3-4-7-13/h14H,2-10H2,1H3. The number of carbonyl (C=O) groups excluding carboxylic acids is 1. The molecule has 0 atom stereocenters. The maximum atomic E-state index is 11.8. The zero-order chi connectivity index (χ0) is 11.1. The van der Waals surface area contributed by atoms with Gasteiger partial charge in [-0.25, -0.2) is 0 Å². The summed E-state index contributed by atoms with van der Waals surface area (Å²) in [6, 6.07) is 0. The molecule has 0 unspecified atom stereocenters. The van der Waals surface area contributed by atoms with E-state index >= 15 is 0 Å². The van der Waals surface area contributed by atoms with Gasteiger partial charge < -0.3 is 10.0 Å². The lowest BCUT2D eigenvalue weighted by Crippen LogP contribution is -2.40. The van der Waals surface area contributed by atoms with E-state index in [1.807, 2.05) is 9.80 Å². The first kappa shape index (κ1) is 12.5. The quantitative estimate of drug-likeness (QED) is 0.692. The molecule has 0 aromatic rings. The molecule has 1 aliphatic rings. The number of rotatable bonds is 6. The first-order valence-electron chi connectivity index (χ1n) is 5.89. The minimum Gasteiger partial charge on any atom is -0.395 e. The van der Waals surface area contributed by atoms with Gasteiger partial charge in [-0.3, -0.25) is 9.69 Å². The molecule has 15 heavy (non-hydrogen) atoms. The first-order valence-corrected chi connectivity index (χ1v) is 5.89.